The van der Waals surface area contributed by atoms with Gasteiger partial charge >= 0.3 is 0 Å². The highest BCUT2D eigenvalue weighted by molar-refractivity contribution is 7.21. The highest BCUT2D eigenvalue weighted by Crippen LogP contribution is 2.32. The number of thiazole rings is 1. The average molecular weight is 225 g/mol. The molecule has 0 aliphatic heterocycles. The summed E-state index contributed by atoms with van der Waals surface area (Å²) in [7, 11) is 0. The molecule has 0 amide bonds. The van der Waals surface area contributed by atoms with Crippen molar-refractivity contribution in [1.29, 1.82) is 0 Å². The Kier molecular flexibility index (Phi) is 2.96. The second-order valence-corrected chi connectivity index (χ2v) is 5.07. The molecule has 0 aliphatic carbocycles. The third-order valence-electron chi connectivity index (χ3n) is 1.97. The van der Waals surface area contributed by atoms with Gasteiger partial charge in [0.1, 0.15) is 5.01 Å². The molecule has 0 fully saturated rings. The van der Waals surface area contributed by atoms with Crippen LogP contribution in [0.4, 0.5) is 0 Å². The van der Waals surface area contributed by atoms with Crippen molar-refractivity contribution in [2.24, 2.45) is 0 Å². The van der Waals surface area contributed by atoms with Crippen LogP contribution in [0, 0.1) is 6.92 Å². The Morgan fingerprint density at radius 2 is 2.36 bits per heavy atom. The summed E-state index contributed by atoms with van der Waals surface area (Å²) in [5, 5.41) is 11.9. The molecule has 14 heavy (non-hydrogen) atoms. The quantitative estimate of drug-likeness (QED) is 0.871. The summed E-state index contributed by atoms with van der Waals surface area (Å²) in [6, 6.07) is 2.10. The van der Waals surface area contributed by atoms with Crippen molar-refractivity contribution < 1.29 is 5.11 Å². The van der Waals surface area contributed by atoms with Gasteiger partial charge in [0.15, 0.2) is 0 Å². The Morgan fingerprint density at radius 1 is 1.50 bits per heavy atom. The molecule has 2 rings (SSSR count). The van der Waals surface area contributed by atoms with Crippen LogP contribution in [0.5, 0.6) is 0 Å². The number of hydrogen-bond acceptors (Lipinski definition) is 4. The summed E-state index contributed by atoms with van der Waals surface area (Å²) in [4.78, 5) is 6.75. The second kappa shape index (κ2) is 4.21. The average Bonchev–Trinajstić information content (AvgIpc) is 2.74. The summed E-state index contributed by atoms with van der Waals surface area (Å²) in [5.74, 6) is 0. The first-order valence-corrected chi connectivity index (χ1v) is 6.11. The van der Waals surface area contributed by atoms with Gasteiger partial charge in [0.05, 0.1) is 4.88 Å². The van der Waals surface area contributed by atoms with Crippen molar-refractivity contribution in [2.45, 2.75) is 13.3 Å². The molecule has 0 saturated carbocycles. The lowest BCUT2D eigenvalue weighted by atomic mass is 10.3. The Labute approximate surface area is 90.9 Å². The van der Waals surface area contributed by atoms with Gasteiger partial charge in [-0.3, -0.25) is 0 Å². The minimum absolute atomic E-state index is 0.199. The third-order valence-corrected chi connectivity index (χ3v) is 4.20. The molecule has 74 valence electrons. The highest BCUT2D eigenvalue weighted by atomic mass is 32.1. The Balaban J connectivity index is 2.29. The molecule has 2 nitrogen and oxygen atoms in total. The first kappa shape index (κ1) is 9.83. The van der Waals surface area contributed by atoms with Crippen molar-refractivity contribution in [1.82, 2.24) is 4.98 Å². The number of hydrogen-bond donors (Lipinski definition) is 1. The van der Waals surface area contributed by atoms with Crippen molar-refractivity contribution in [3.63, 3.8) is 0 Å². The van der Waals surface area contributed by atoms with E-state index in [1.807, 2.05) is 6.20 Å². The van der Waals surface area contributed by atoms with Crippen LogP contribution in [0.3, 0.4) is 0 Å². The standard InChI is InChI=1S/C10H11NOS2/c1-7-3-5-13-9(7)10-11-6-8(14-10)2-4-12/h3,5-6,12H,2,4H2,1H3. The van der Waals surface area contributed by atoms with Gasteiger partial charge in [-0.1, -0.05) is 0 Å². The van der Waals surface area contributed by atoms with E-state index in [0.29, 0.717) is 6.42 Å². The first-order valence-electron chi connectivity index (χ1n) is 4.41. The summed E-state index contributed by atoms with van der Waals surface area (Å²) in [6.45, 7) is 2.30. The monoisotopic (exact) mass is 225 g/mol. The number of aromatic nitrogens is 1. The third kappa shape index (κ3) is 1.87. The summed E-state index contributed by atoms with van der Waals surface area (Å²) >= 11 is 3.39. The maximum absolute atomic E-state index is 8.80. The molecular weight excluding hydrogens is 214 g/mol. The normalized spacial score (nSPS) is 10.7. The number of aryl methyl sites for hydroxylation is 1. The number of aliphatic hydroxyl groups is 1. The Hall–Kier alpha value is -0.710. The van der Waals surface area contributed by atoms with E-state index in [1.165, 1.54) is 10.4 Å². The van der Waals surface area contributed by atoms with E-state index in [1.54, 1.807) is 22.7 Å². The number of rotatable bonds is 3. The topological polar surface area (TPSA) is 33.1 Å². The Bertz CT molecular complexity index is 419. The molecule has 0 unspecified atom stereocenters. The lowest BCUT2D eigenvalue weighted by Crippen LogP contribution is -1.84. The summed E-state index contributed by atoms with van der Waals surface area (Å²) < 4.78 is 0. The zero-order valence-corrected chi connectivity index (χ0v) is 9.49. The van der Waals surface area contributed by atoms with Crippen LogP contribution in [0.2, 0.25) is 0 Å². The smallest absolute Gasteiger partial charge is 0.133 e. The molecule has 0 aromatic carbocycles. The Morgan fingerprint density at radius 3 is 3.00 bits per heavy atom. The minimum Gasteiger partial charge on any atom is -0.396 e. The fraction of sp³-hybridized carbons (Fsp3) is 0.300. The zero-order valence-electron chi connectivity index (χ0n) is 7.86. The second-order valence-electron chi connectivity index (χ2n) is 3.04. The molecule has 1 N–H and O–H groups in total. The van der Waals surface area contributed by atoms with Gasteiger partial charge in [0, 0.05) is 24.1 Å². The van der Waals surface area contributed by atoms with Gasteiger partial charge < -0.3 is 5.11 Å². The van der Waals surface area contributed by atoms with Gasteiger partial charge in [-0.15, -0.1) is 22.7 Å². The number of thiophene rings is 1. The fourth-order valence-electron chi connectivity index (χ4n) is 1.23. The molecule has 4 heteroatoms. The maximum Gasteiger partial charge on any atom is 0.133 e. The van der Waals surface area contributed by atoms with Gasteiger partial charge in [-0.2, -0.15) is 0 Å². The number of nitrogens with zero attached hydrogens (tertiary/aromatic N) is 1. The van der Waals surface area contributed by atoms with E-state index < -0.39 is 0 Å². The van der Waals surface area contributed by atoms with Crippen molar-refractivity contribution in [2.75, 3.05) is 6.61 Å². The minimum atomic E-state index is 0.199. The lowest BCUT2D eigenvalue weighted by molar-refractivity contribution is 0.300. The van der Waals surface area contributed by atoms with Gasteiger partial charge in [-0.05, 0) is 23.9 Å². The molecular formula is C10H11NOS2. The van der Waals surface area contributed by atoms with E-state index in [2.05, 4.69) is 23.4 Å². The predicted octanol–water partition coefficient (Wildman–Crippen LogP) is 2.71. The molecule has 0 aliphatic rings. The summed E-state index contributed by atoms with van der Waals surface area (Å²) in [6.07, 6.45) is 2.57. The van der Waals surface area contributed by atoms with Crippen molar-refractivity contribution in [3.8, 4) is 9.88 Å². The maximum atomic E-state index is 8.80. The van der Waals surface area contributed by atoms with Crippen LogP contribution in [0.25, 0.3) is 9.88 Å². The van der Waals surface area contributed by atoms with Crippen LogP contribution in [0.1, 0.15) is 10.4 Å². The van der Waals surface area contributed by atoms with Crippen LogP contribution in [0.15, 0.2) is 17.6 Å². The van der Waals surface area contributed by atoms with E-state index in [0.717, 1.165) is 9.88 Å². The molecule has 0 radical (unpaired) electrons. The van der Waals surface area contributed by atoms with E-state index >= 15 is 0 Å². The van der Waals surface area contributed by atoms with E-state index in [-0.39, 0.29) is 6.61 Å². The number of aliphatic hydroxyl groups excluding tert-OH is 1. The van der Waals surface area contributed by atoms with Crippen molar-refractivity contribution in [3.05, 3.63) is 28.1 Å². The zero-order chi connectivity index (χ0) is 9.97. The summed E-state index contributed by atoms with van der Waals surface area (Å²) in [5.41, 5.74) is 1.28. The molecule has 0 atom stereocenters. The fourth-order valence-corrected chi connectivity index (χ4v) is 3.22. The molecule has 2 aromatic rings. The SMILES string of the molecule is Cc1ccsc1-c1ncc(CCO)s1. The van der Waals surface area contributed by atoms with Crippen LogP contribution in [-0.4, -0.2) is 16.7 Å². The molecule has 2 heterocycles. The van der Waals surface area contributed by atoms with Crippen LogP contribution in [-0.2, 0) is 6.42 Å². The van der Waals surface area contributed by atoms with Gasteiger partial charge in [0.25, 0.3) is 0 Å². The van der Waals surface area contributed by atoms with Gasteiger partial charge in [-0.25, -0.2) is 4.98 Å². The molecule has 0 bridgehead atoms. The van der Waals surface area contributed by atoms with E-state index in [9.17, 15) is 0 Å². The molecule has 2 aromatic heterocycles. The van der Waals surface area contributed by atoms with Gasteiger partial charge in [0.2, 0.25) is 0 Å². The molecule has 0 spiro atoms. The predicted molar refractivity (Wildman–Crippen MR) is 61.0 cm³/mol. The van der Waals surface area contributed by atoms with Crippen LogP contribution >= 0.6 is 22.7 Å². The van der Waals surface area contributed by atoms with Crippen molar-refractivity contribution >= 4 is 22.7 Å². The van der Waals surface area contributed by atoms with E-state index in [4.69, 9.17) is 5.11 Å². The van der Waals surface area contributed by atoms with Crippen LogP contribution < -0.4 is 0 Å². The highest BCUT2D eigenvalue weighted by Gasteiger charge is 2.07. The molecule has 0 saturated heterocycles. The largest absolute Gasteiger partial charge is 0.396 e. The lowest BCUT2D eigenvalue weighted by Gasteiger charge is -1.91. The first-order chi connectivity index (χ1) is 6.81.